The second-order valence-corrected chi connectivity index (χ2v) is 8.04. The first-order valence-corrected chi connectivity index (χ1v) is 10.7. The molecule has 0 unspecified atom stereocenters. The Bertz CT molecular complexity index is 1010. The van der Waals surface area contributed by atoms with Crippen molar-refractivity contribution in [2.24, 2.45) is 0 Å². The maximum Gasteiger partial charge on any atom is 0.293 e. The van der Waals surface area contributed by atoms with Gasteiger partial charge in [-0.25, -0.2) is 0 Å². The largest absolute Gasteiger partial charge is 0.354 e. The molecular weight excluding hydrogens is 438 g/mol. The molecule has 2 aromatic carbocycles. The maximum absolute atomic E-state index is 12.4. The number of rotatable bonds is 8. The highest BCUT2D eigenvalue weighted by Gasteiger charge is 2.34. The predicted molar refractivity (Wildman–Crippen MR) is 121 cm³/mol. The molecule has 3 rings (SSSR count). The van der Waals surface area contributed by atoms with E-state index in [1.807, 2.05) is 30.3 Å². The van der Waals surface area contributed by atoms with Crippen molar-refractivity contribution in [3.63, 3.8) is 0 Å². The second kappa shape index (κ2) is 10.8. The summed E-state index contributed by atoms with van der Waals surface area (Å²) in [6.07, 6.45) is 1.75. The number of nitrogens with zero attached hydrogens (tertiary/aromatic N) is 1. The van der Waals surface area contributed by atoms with E-state index in [1.165, 1.54) is 0 Å². The van der Waals surface area contributed by atoms with E-state index in [0.29, 0.717) is 15.5 Å². The quantitative estimate of drug-likeness (QED) is 0.593. The van der Waals surface area contributed by atoms with Gasteiger partial charge in [-0.3, -0.25) is 24.1 Å². The van der Waals surface area contributed by atoms with Crippen molar-refractivity contribution in [1.82, 2.24) is 15.5 Å². The molecule has 0 bridgehead atoms. The van der Waals surface area contributed by atoms with Crippen LogP contribution in [0.3, 0.4) is 0 Å². The first-order valence-electron chi connectivity index (χ1n) is 9.55. The molecule has 7 nitrogen and oxygen atoms in total. The first kappa shape index (κ1) is 22.6. The van der Waals surface area contributed by atoms with E-state index in [2.05, 4.69) is 10.6 Å². The van der Waals surface area contributed by atoms with Crippen molar-refractivity contribution in [2.75, 3.05) is 19.6 Å². The number of carbonyl (C=O) groups excluding carboxylic acids is 4. The van der Waals surface area contributed by atoms with Crippen LogP contribution in [0.5, 0.6) is 0 Å². The van der Waals surface area contributed by atoms with Gasteiger partial charge < -0.3 is 10.6 Å². The van der Waals surface area contributed by atoms with Crippen LogP contribution in [0.15, 0.2) is 59.5 Å². The van der Waals surface area contributed by atoms with Crippen LogP contribution in [0.2, 0.25) is 5.02 Å². The lowest BCUT2D eigenvalue weighted by Gasteiger charge is -2.13. The fourth-order valence-corrected chi connectivity index (χ4v) is 3.77. The summed E-state index contributed by atoms with van der Waals surface area (Å²) in [7, 11) is 0. The highest BCUT2D eigenvalue weighted by atomic mass is 35.5. The highest BCUT2D eigenvalue weighted by molar-refractivity contribution is 8.18. The summed E-state index contributed by atoms with van der Waals surface area (Å²) >= 11 is 6.67. The maximum atomic E-state index is 12.4. The second-order valence-electron chi connectivity index (χ2n) is 6.61. The Morgan fingerprint density at radius 2 is 1.68 bits per heavy atom. The SMILES string of the molecule is O=C(CCNC(=O)c1ccc(Cl)cc1)NCCN1C(=O)SC(=Cc2ccccc2)C1=O. The van der Waals surface area contributed by atoms with Crippen LogP contribution < -0.4 is 10.6 Å². The number of thioether (sulfide) groups is 1. The van der Waals surface area contributed by atoms with Crippen LogP contribution >= 0.6 is 23.4 Å². The normalized spacial score (nSPS) is 14.7. The molecule has 0 atom stereocenters. The summed E-state index contributed by atoms with van der Waals surface area (Å²) < 4.78 is 0. The number of hydrogen-bond donors (Lipinski definition) is 2. The zero-order valence-electron chi connectivity index (χ0n) is 16.5. The third-order valence-electron chi connectivity index (χ3n) is 4.37. The Hall–Kier alpha value is -3.10. The molecule has 1 aliphatic rings. The molecule has 1 saturated heterocycles. The van der Waals surface area contributed by atoms with E-state index in [0.717, 1.165) is 22.2 Å². The van der Waals surface area contributed by atoms with E-state index < -0.39 is 0 Å². The molecule has 2 N–H and O–H groups in total. The Balaban J connectivity index is 1.39. The van der Waals surface area contributed by atoms with Crippen molar-refractivity contribution in [2.45, 2.75) is 6.42 Å². The molecule has 4 amide bonds. The topological polar surface area (TPSA) is 95.6 Å². The fourth-order valence-electron chi connectivity index (χ4n) is 2.78. The Labute approximate surface area is 188 Å². The smallest absolute Gasteiger partial charge is 0.293 e. The van der Waals surface area contributed by atoms with Gasteiger partial charge >= 0.3 is 0 Å². The van der Waals surface area contributed by atoms with Gasteiger partial charge in [-0.05, 0) is 47.7 Å². The summed E-state index contributed by atoms with van der Waals surface area (Å²) in [4.78, 5) is 50.0. The third kappa shape index (κ3) is 6.44. The lowest BCUT2D eigenvalue weighted by molar-refractivity contribution is -0.124. The van der Waals surface area contributed by atoms with Gasteiger partial charge in [0.1, 0.15) is 0 Å². The van der Waals surface area contributed by atoms with E-state index in [9.17, 15) is 19.2 Å². The van der Waals surface area contributed by atoms with Gasteiger partial charge in [-0.15, -0.1) is 0 Å². The molecule has 0 spiro atoms. The molecule has 31 heavy (non-hydrogen) atoms. The number of nitrogens with one attached hydrogen (secondary N) is 2. The Morgan fingerprint density at radius 1 is 0.968 bits per heavy atom. The van der Waals surface area contributed by atoms with Crippen LogP contribution in [0, 0.1) is 0 Å². The minimum absolute atomic E-state index is 0.0785. The lowest BCUT2D eigenvalue weighted by atomic mass is 10.2. The van der Waals surface area contributed by atoms with Crippen LogP contribution in [-0.2, 0) is 9.59 Å². The summed E-state index contributed by atoms with van der Waals surface area (Å²) in [6, 6.07) is 15.7. The van der Waals surface area contributed by atoms with Gasteiger partial charge in [0.25, 0.3) is 17.1 Å². The van der Waals surface area contributed by atoms with Crippen LogP contribution in [0.4, 0.5) is 4.79 Å². The molecule has 0 radical (unpaired) electrons. The van der Waals surface area contributed by atoms with Gasteiger partial charge in [0.2, 0.25) is 5.91 Å². The average Bonchev–Trinajstić information content (AvgIpc) is 3.02. The minimum Gasteiger partial charge on any atom is -0.354 e. The highest BCUT2D eigenvalue weighted by Crippen LogP contribution is 2.31. The Morgan fingerprint density at radius 3 is 2.39 bits per heavy atom. The number of imide groups is 1. The van der Waals surface area contributed by atoms with Gasteiger partial charge in [0, 0.05) is 36.6 Å². The molecule has 9 heteroatoms. The predicted octanol–water partition coefficient (Wildman–Crippen LogP) is 3.31. The third-order valence-corrected chi connectivity index (χ3v) is 5.53. The fraction of sp³-hybridized carbons (Fsp3) is 0.182. The Kier molecular flexibility index (Phi) is 7.86. The standard InChI is InChI=1S/C22H20ClN3O4S/c23-17-8-6-16(7-9-17)20(28)25-11-10-19(27)24-12-13-26-21(29)18(31-22(26)30)14-15-4-2-1-3-5-15/h1-9,14H,10-13H2,(H,24,27)(H,25,28). The number of halogens is 1. The van der Waals surface area contributed by atoms with E-state index >= 15 is 0 Å². The summed E-state index contributed by atoms with van der Waals surface area (Å²) in [6.45, 7) is 0.384. The van der Waals surface area contributed by atoms with Crippen molar-refractivity contribution in [3.05, 3.63) is 75.7 Å². The van der Waals surface area contributed by atoms with Crippen molar-refractivity contribution in [3.8, 4) is 0 Å². The average molecular weight is 458 g/mol. The van der Waals surface area contributed by atoms with Crippen LogP contribution in [0.1, 0.15) is 22.3 Å². The molecule has 1 heterocycles. The molecule has 0 aromatic heterocycles. The summed E-state index contributed by atoms with van der Waals surface area (Å²) in [5.41, 5.74) is 1.29. The van der Waals surface area contributed by atoms with Crippen molar-refractivity contribution >= 4 is 52.4 Å². The lowest BCUT2D eigenvalue weighted by Crippen LogP contribution is -2.38. The van der Waals surface area contributed by atoms with Crippen LogP contribution in [0.25, 0.3) is 6.08 Å². The van der Waals surface area contributed by atoms with Gasteiger partial charge in [-0.2, -0.15) is 0 Å². The van der Waals surface area contributed by atoms with Gasteiger partial charge in [-0.1, -0.05) is 41.9 Å². The summed E-state index contributed by atoms with van der Waals surface area (Å²) in [5, 5.41) is 5.48. The first-order chi connectivity index (χ1) is 14.9. The molecule has 1 aliphatic heterocycles. The minimum atomic E-state index is -0.372. The molecule has 0 aliphatic carbocycles. The zero-order chi connectivity index (χ0) is 22.2. The van der Waals surface area contributed by atoms with Gasteiger partial charge in [0.05, 0.1) is 4.91 Å². The van der Waals surface area contributed by atoms with Crippen molar-refractivity contribution in [1.29, 1.82) is 0 Å². The number of benzene rings is 2. The molecule has 2 aromatic rings. The summed E-state index contributed by atoms with van der Waals surface area (Å²) in [5.74, 6) is -0.959. The number of amides is 4. The van der Waals surface area contributed by atoms with Crippen LogP contribution in [-0.4, -0.2) is 47.5 Å². The van der Waals surface area contributed by atoms with E-state index in [-0.39, 0.29) is 49.0 Å². The zero-order valence-corrected chi connectivity index (χ0v) is 18.0. The molecular formula is C22H20ClN3O4S. The monoisotopic (exact) mass is 457 g/mol. The molecule has 160 valence electrons. The van der Waals surface area contributed by atoms with E-state index in [4.69, 9.17) is 11.6 Å². The van der Waals surface area contributed by atoms with Crippen molar-refractivity contribution < 1.29 is 19.2 Å². The van der Waals surface area contributed by atoms with E-state index in [1.54, 1.807) is 30.3 Å². The molecule has 0 saturated carbocycles. The molecule has 1 fully saturated rings. The number of carbonyl (C=O) groups is 4. The number of hydrogen-bond acceptors (Lipinski definition) is 5. The van der Waals surface area contributed by atoms with Gasteiger partial charge in [0.15, 0.2) is 0 Å².